The molecular formula is C41H52ClN3O10S2. The third kappa shape index (κ3) is 10.5. The lowest BCUT2D eigenvalue weighted by Gasteiger charge is -2.42. The number of carbonyl (C=O) groups excluding carboxylic acids is 4. The van der Waals surface area contributed by atoms with E-state index in [4.69, 9.17) is 35.3 Å². The van der Waals surface area contributed by atoms with Gasteiger partial charge in [0.1, 0.15) is 40.7 Å². The second kappa shape index (κ2) is 18.9. The first kappa shape index (κ1) is 44.4. The molecule has 4 bridgehead atoms. The van der Waals surface area contributed by atoms with Gasteiger partial charge in [-0.25, -0.2) is 9.59 Å². The Bertz CT molecular complexity index is 1870. The van der Waals surface area contributed by atoms with E-state index in [0.717, 1.165) is 16.0 Å². The number of hydrogen-bond acceptors (Lipinski definition) is 12. The zero-order valence-corrected chi connectivity index (χ0v) is 35.9. The molecule has 3 aliphatic rings. The van der Waals surface area contributed by atoms with E-state index in [1.165, 1.54) is 24.0 Å². The molecule has 2 aromatic carbocycles. The fourth-order valence-electron chi connectivity index (χ4n) is 7.11. The van der Waals surface area contributed by atoms with Crippen LogP contribution in [0.5, 0.6) is 5.75 Å². The minimum Gasteiger partial charge on any atom is -0.495 e. The number of fused-ring (bicyclic) bond motifs is 5. The van der Waals surface area contributed by atoms with Crippen LogP contribution in [0.15, 0.2) is 71.2 Å². The maximum absolute atomic E-state index is 14.2. The molecule has 2 fully saturated rings. The van der Waals surface area contributed by atoms with Gasteiger partial charge in [-0.05, 0) is 57.0 Å². The van der Waals surface area contributed by atoms with Crippen LogP contribution in [0.4, 0.5) is 10.5 Å². The lowest BCUT2D eigenvalue weighted by Crippen LogP contribution is -2.63. The summed E-state index contributed by atoms with van der Waals surface area (Å²) in [5, 5.41) is 14.5. The Morgan fingerprint density at radius 3 is 2.60 bits per heavy atom. The summed E-state index contributed by atoms with van der Waals surface area (Å²) in [4.78, 5) is 58.0. The maximum atomic E-state index is 14.2. The van der Waals surface area contributed by atoms with Crippen LogP contribution in [0.3, 0.4) is 0 Å². The number of carbonyl (C=O) groups is 4. The monoisotopic (exact) mass is 845 g/mol. The molecule has 3 amide bonds. The number of amides is 3. The number of alkyl carbamates (subject to hydrolysis) is 1. The van der Waals surface area contributed by atoms with Crippen LogP contribution in [0.1, 0.15) is 52.5 Å². The number of rotatable bonds is 10. The van der Waals surface area contributed by atoms with Gasteiger partial charge in [0, 0.05) is 50.6 Å². The van der Waals surface area contributed by atoms with Gasteiger partial charge in [0.2, 0.25) is 11.8 Å². The number of anilines is 1. The van der Waals surface area contributed by atoms with E-state index in [0.29, 0.717) is 23.6 Å². The van der Waals surface area contributed by atoms with Crippen molar-refractivity contribution < 1.29 is 48.0 Å². The SMILES string of the molecule is COc1cc2cc(c1Cl)N(C)C(=O)C[C@H](OC(=O)[C@H](C)N(C)C(=O)CCSSc1ccccc1)[C@]1(C)O[C@H]1[C@H](C)[C@@H]1C[C@@](O)(NC(=O)O1)[C@H](OC)/C=C/C=C(\C)C2. The molecule has 57 heavy (non-hydrogen) atoms. The zero-order chi connectivity index (χ0) is 41.7. The van der Waals surface area contributed by atoms with Crippen molar-refractivity contribution in [2.45, 2.75) is 100 Å². The molecule has 8 atom stereocenters. The predicted molar refractivity (Wildman–Crippen MR) is 220 cm³/mol. The van der Waals surface area contributed by atoms with Gasteiger partial charge in [0.05, 0.1) is 25.3 Å². The van der Waals surface area contributed by atoms with Crippen molar-refractivity contribution in [1.82, 2.24) is 10.2 Å². The molecule has 5 rings (SSSR count). The normalized spacial score (nSPS) is 29.8. The standard InChI is InChI=1S/C41H52ClN3O10S2/c1-24-13-12-16-32(52-8)41(50)23-31(53-39(49)43-41)25(2)37-40(4,55-37)33(22-35(47)45(6)29-20-27(19-24)21-30(51-7)36(29)42)54-38(48)26(3)44(5)34(46)17-18-56-57-28-14-10-9-11-15-28/h9-16,20-21,25-26,31-33,37,50H,17-19,22-23H2,1-8H3,(H,43,49)/b16-12+,24-13+/t25-,26+,31+,32-,33+,37+,40+,41+/m1/s1. The number of aliphatic hydroxyl groups is 1. The second-order valence-corrected chi connectivity index (χ2v) is 17.7. The quantitative estimate of drug-likeness (QED) is 0.119. The van der Waals surface area contributed by atoms with Gasteiger partial charge in [-0.3, -0.25) is 14.9 Å². The summed E-state index contributed by atoms with van der Waals surface area (Å²) in [5.74, 6) is -1.02. The Labute approximate surface area is 347 Å². The molecule has 2 aromatic rings. The van der Waals surface area contributed by atoms with Gasteiger partial charge in [-0.2, -0.15) is 0 Å². The van der Waals surface area contributed by atoms with E-state index in [9.17, 15) is 24.3 Å². The minimum atomic E-state index is -1.83. The highest BCUT2D eigenvalue weighted by Crippen LogP contribution is 2.49. The van der Waals surface area contributed by atoms with Gasteiger partial charge >= 0.3 is 12.1 Å². The predicted octanol–water partition coefficient (Wildman–Crippen LogP) is 6.35. The summed E-state index contributed by atoms with van der Waals surface area (Å²) in [7, 11) is 9.17. The average molecular weight is 846 g/mol. The van der Waals surface area contributed by atoms with E-state index in [-0.39, 0.29) is 30.2 Å². The molecule has 0 spiro atoms. The van der Waals surface area contributed by atoms with Crippen LogP contribution in [0.25, 0.3) is 0 Å². The van der Waals surface area contributed by atoms with E-state index in [1.54, 1.807) is 80.7 Å². The van der Waals surface area contributed by atoms with E-state index < -0.39 is 65.7 Å². The molecule has 0 radical (unpaired) electrons. The van der Waals surface area contributed by atoms with Crippen LogP contribution < -0.4 is 15.0 Å². The highest BCUT2D eigenvalue weighted by Gasteiger charge is 2.64. The first-order valence-corrected chi connectivity index (χ1v) is 21.4. The number of nitrogens with zero attached hydrogens (tertiary/aromatic N) is 2. The summed E-state index contributed by atoms with van der Waals surface area (Å²) < 4.78 is 29.3. The Morgan fingerprint density at radius 1 is 1.19 bits per heavy atom. The summed E-state index contributed by atoms with van der Waals surface area (Å²) in [5.41, 5.74) is -0.922. The number of benzene rings is 2. The van der Waals surface area contributed by atoms with E-state index >= 15 is 0 Å². The Kier molecular flexibility index (Phi) is 14.7. The highest BCUT2D eigenvalue weighted by molar-refractivity contribution is 8.76. The number of halogens is 1. The molecule has 16 heteroatoms. The summed E-state index contributed by atoms with van der Waals surface area (Å²) in [6, 6.07) is 12.4. The topological polar surface area (TPSA) is 156 Å². The molecule has 2 saturated heterocycles. The zero-order valence-electron chi connectivity index (χ0n) is 33.5. The first-order valence-electron chi connectivity index (χ1n) is 18.7. The summed E-state index contributed by atoms with van der Waals surface area (Å²) in [6.07, 6.45) is 1.13. The van der Waals surface area contributed by atoms with E-state index in [2.05, 4.69) is 5.32 Å². The summed E-state index contributed by atoms with van der Waals surface area (Å²) >= 11 is 6.78. The van der Waals surface area contributed by atoms with Crippen LogP contribution >= 0.6 is 33.2 Å². The molecule has 3 heterocycles. The molecule has 2 N–H and O–H groups in total. The number of ether oxygens (including phenoxy) is 5. The maximum Gasteiger partial charge on any atom is 0.409 e. The second-order valence-electron chi connectivity index (χ2n) is 14.9. The molecule has 0 aromatic heterocycles. The van der Waals surface area contributed by atoms with Crippen molar-refractivity contribution in [3.8, 4) is 5.75 Å². The molecule has 0 saturated carbocycles. The third-order valence-electron chi connectivity index (χ3n) is 10.8. The van der Waals surface area contributed by atoms with Crippen molar-refractivity contribution in [1.29, 1.82) is 0 Å². The lowest BCUT2D eigenvalue weighted by atomic mass is 9.83. The molecule has 0 aliphatic carbocycles. The van der Waals surface area contributed by atoms with Gasteiger partial charge in [0.25, 0.3) is 0 Å². The van der Waals surface area contributed by atoms with Gasteiger partial charge in [-0.15, -0.1) is 0 Å². The Hall–Kier alpha value is -3.73. The number of hydrogen-bond donors (Lipinski definition) is 2. The first-order chi connectivity index (χ1) is 27.0. The molecular weight excluding hydrogens is 794 g/mol. The smallest absolute Gasteiger partial charge is 0.409 e. The number of allylic oxidation sites excluding steroid dienone is 3. The van der Waals surface area contributed by atoms with Crippen LogP contribution in [0.2, 0.25) is 5.02 Å². The molecule has 310 valence electrons. The fourth-order valence-corrected chi connectivity index (χ4v) is 9.41. The van der Waals surface area contributed by atoms with Crippen molar-refractivity contribution >= 4 is 62.8 Å². The highest BCUT2D eigenvalue weighted by atomic mass is 35.5. The number of nitrogens with one attached hydrogen (secondary N) is 1. The molecule has 3 aliphatic heterocycles. The van der Waals surface area contributed by atoms with E-state index in [1.807, 2.05) is 43.3 Å². The third-order valence-corrected chi connectivity index (χ3v) is 13.6. The van der Waals surface area contributed by atoms with Crippen molar-refractivity contribution in [3.05, 3.63) is 76.9 Å². The fraction of sp³-hybridized carbons (Fsp3) is 0.512. The number of likely N-dealkylation sites (N-methyl/N-ethyl adjacent to an activating group) is 1. The van der Waals surface area contributed by atoms with Crippen LogP contribution in [-0.4, -0.2) is 110 Å². The Balaban J connectivity index is 1.43. The minimum absolute atomic E-state index is 0.0519. The lowest BCUT2D eigenvalue weighted by molar-refractivity contribution is -0.162. The van der Waals surface area contributed by atoms with Crippen molar-refractivity contribution in [2.24, 2.45) is 5.92 Å². The number of epoxide rings is 1. The summed E-state index contributed by atoms with van der Waals surface area (Å²) in [6.45, 7) is 7.03. The molecule has 13 nitrogen and oxygen atoms in total. The molecule has 0 unspecified atom stereocenters. The largest absolute Gasteiger partial charge is 0.495 e. The van der Waals surface area contributed by atoms with Gasteiger partial charge in [-0.1, -0.05) is 82.1 Å². The Morgan fingerprint density at radius 2 is 1.91 bits per heavy atom. The van der Waals surface area contributed by atoms with Crippen LogP contribution in [-0.2, 0) is 39.8 Å². The van der Waals surface area contributed by atoms with Gasteiger partial charge < -0.3 is 38.6 Å². The van der Waals surface area contributed by atoms with Crippen molar-refractivity contribution in [3.63, 3.8) is 0 Å². The van der Waals surface area contributed by atoms with Gasteiger partial charge in [0.15, 0.2) is 5.72 Å². The number of methoxy groups -OCH3 is 2. The van der Waals surface area contributed by atoms with Crippen molar-refractivity contribution in [2.75, 3.05) is 39.0 Å². The van der Waals surface area contributed by atoms with Crippen LogP contribution in [0, 0.1) is 5.92 Å². The number of esters is 1. The average Bonchev–Trinajstić information content (AvgIpc) is 3.88.